The fraction of sp³-hybridized carbons (Fsp3) is 0.150. The first-order valence-corrected chi connectivity index (χ1v) is 8.76. The van der Waals surface area contributed by atoms with Crippen molar-refractivity contribution in [3.63, 3.8) is 0 Å². The van der Waals surface area contributed by atoms with Crippen LogP contribution in [-0.2, 0) is 11.0 Å². The number of carbonyl (C=O) groups is 1. The molecular weight excluding hydrogens is 403 g/mol. The Labute approximate surface area is 169 Å². The number of nitrogens with one attached hydrogen (secondary N) is 1. The van der Waals surface area contributed by atoms with E-state index in [1.807, 2.05) is 6.07 Å². The number of carboxylic acid groups (broad SMARTS) is 1. The second-order valence-corrected chi connectivity index (χ2v) is 6.69. The molecule has 0 aliphatic carbocycles. The summed E-state index contributed by atoms with van der Waals surface area (Å²) in [5, 5.41) is 21.7. The van der Waals surface area contributed by atoms with E-state index < -0.39 is 23.8 Å². The Morgan fingerprint density at radius 2 is 1.90 bits per heavy atom. The van der Waals surface area contributed by atoms with Gasteiger partial charge in [0.1, 0.15) is 0 Å². The minimum Gasteiger partial charge on any atom is -0.478 e. The molecule has 5 nitrogen and oxygen atoms in total. The zero-order valence-electron chi connectivity index (χ0n) is 15.0. The van der Waals surface area contributed by atoms with Gasteiger partial charge < -0.3 is 10.4 Å². The van der Waals surface area contributed by atoms with Gasteiger partial charge in [-0.15, -0.1) is 0 Å². The summed E-state index contributed by atoms with van der Waals surface area (Å²) in [6.07, 6.45) is -4.54. The fourth-order valence-electron chi connectivity index (χ4n) is 3.15. The molecule has 0 spiro atoms. The van der Waals surface area contributed by atoms with E-state index in [0.717, 1.165) is 12.1 Å². The van der Waals surface area contributed by atoms with Gasteiger partial charge in [-0.25, -0.2) is 4.79 Å². The van der Waals surface area contributed by atoms with Crippen molar-refractivity contribution < 1.29 is 23.1 Å². The SMILES string of the molecule is CC1=C(C(=O)O)[C@@H](c2ccc(C#N)cc2)NC(=S)N1c1cccc(C(F)(F)F)c1. The van der Waals surface area contributed by atoms with Gasteiger partial charge in [0.25, 0.3) is 0 Å². The van der Waals surface area contributed by atoms with Crippen LogP contribution in [0.25, 0.3) is 0 Å². The third-order valence-corrected chi connectivity index (χ3v) is 4.82. The molecule has 2 aromatic rings. The van der Waals surface area contributed by atoms with E-state index in [0.29, 0.717) is 11.1 Å². The largest absolute Gasteiger partial charge is 0.478 e. The van der Waals surface area contributed by atoms with Crippen molar-refractivity contribution >= 4 is 29.0 Å². The first-order chi connectivity index (χ1) is 13.6. The third kappa shape index (κ3) is 3.93. The molecule has 2 aromatic carbocycles. The third-order valence-electron chi connectivity index (χ3n) is 4.52. The monoisotopic (exact) mass is 417 g/mol. The minimum absolute atomic E-state index is 0.0549. The molecule has 1 atom stereocenters. The molecule has 9 heteroatoms. The maximum absolute atomic E-state index is 13.1. The summed E-state index contributed by atoms with van der Waals surface area (Å²) in [4.78, 5) is 13.3. The Morgan fingerprint density at radius 1 is 1.24 bits per heavy atom. The maximum Gasteiger partial charge on any atom is 0.416 e. The lowest BCUT2D eigenvalue weighted by atomic mass is 9.94. The van der Waals surface area contributed by atoms with Gasteiger partial charge in [-0.05, 0) is 55.0 Å². The van der Waals surface area contributed by atoms with Crippen LogP contribution in [0.3, 0.4) is 0 Å². The highest BCUT2D eigenvalue weighted by Crippen LogP contribution is 2.36. The smallest absolute Gasteiger partial charge is 0.416 e. The highest BCUT2D eigenvalue weighted by atomic mass is 32.1. The summed E-state index contributed by atoms with van der Waals surface area (Å²) in [5.74, 6) is -1.23. The van der Waals surface area contributed by atoms with Crippen molar-refractivity contribution in [2.75, 3.05) is 4.90 Å². The molecule has 2 N–H and O–H groups in total. The van der Waals surface area contributed by atoms with E-state index in [4.69, 9.17) is 17.5 Å². The molecule has 3 rings (SSSR count). The average molecular weight is 417 g/mol. The van der Waals surface area contributed by atoms with Crippen LogP contribution in [0, 0.1) is 11.3 Å². The van der Waals surface area contributed by atoms with Gasteiger partial charge in [0.2, 0.25) is 0 Å². The predicted octanol–water partition coefficient (Wildman–Crippen LogP) is 4.37. The van der Waals surface area contributed by atoms with Crippen LogP contribution in [0.15, 0.2) is 59.8 Å². The molecule has 0 unspecified atom stereocenters. The number of carboxylic acids is 1. The molecule has 1 aliphatic rings. The number of nitrogens with zero attached hydrogens (tertiary/aromatic N) is 2. The summed E-state index contributed by atoms with van der Waals surface area (Å²) in [6, 6.07) is 12.0. The predicted molar refractivity (Wildman–Crippen MR) is 104 cm³/mol. The first kappa shape index (κ1) is 20.4. The number of alkyl halides is 3. The summed E-state index contributed by atoms with van der Waals surface area (Å²) < 4.78 is 39.3. The Balaban J connectivity index is 2.10. The molecule has 0 aromatic heterocycles. The number of aliphatic carboxylic acids is 1. The molecule has 1 heterocycles. The van der Waals surface area contributed by atoms with Crippen LogP contribution >= 0.6 is 12.2 Å². The molecule has 0 saturated carbocycles. The van der Waals surface area contributed by atoms with Crippen LogP contribution in [0.4, 0.5) is 18.9 Å². The Bertz CT molecular complexity index is 1060. The van der Waals surface area contributed by atoms with Crippen LogP contribution in [0.1, 0.15) is 29.7 Å². The van der Waals surface area contributed by atoms with Crippen LogP contribution in [0.2, 0.25) is 0 Å². The van der Waals surface area contributed by atoms with E-state index in [1.54, 1.807) is 24.3 Å². The number of hydrogen-bond acceptors (Lipinski definition) is 3. The number of thiocarbonyl (C=S) groups is 1. The summed E-state index contributed by atoms with van der Waals surface area (Å²) in [6.45, 7) is 1.49. The lowest BCUT2D eigenvalue weighted by Crippen LogP contribution is -2.47. The molecule has 0 amide bonds. The van der Waals surface area contributed by atoms with Crippen LogP contribution in [0.5, 0.6) is 0 Å². The first-order valence-electron chi connectivity index (χ1n) is 8.35. The zero-order chi connectivity index (χ0) is 21.3. The Hall–Kier alpha value is -3.38. The molecule has 0 bridgehead atoms. The molecule has 1 aliphatic heterocycles. The van der Waals surface area contributed by atoms with E-state index in [9.17, 15) is 23.1 Å². The van der Waals surface area contributed by atoms with Gasteiger partial charge in [-0.3, -0.25) is 4.90 Å². The number of allylic oxidation sites excluding steroid dienone is 1. The highest BCUT2D eigenvalue weighted by molar-refractivity contribution is 7.80. The fourth-order valence-corrected chi connectivity index (χ4v) is 3.51. The van der Waals surface area contributed by atoms with E-state index in [1.165, 1.54) is 24.0 Å². The van der Waals surface area contributed by atoms with E-state index >= 15 is 0 Å². The zero-order valence-corrected chi connectivity index (χ0v) is 15.8. The number of nitriles is 1. The minimum atomic E-state index is -4.54. The van der Waals surface area contributed by atoms with Crippen molar-refractivity contribution in [3.05, 3.63) is 76.5 Å². The van der Waals surface area contributed by atoms with Gasteiger partial charge in [-0.2, -0.15) is 18.4 Å². The van der Waals surface area contributed by atoms with Gasteiger partial charge in [0, 0.05) is 11.4 Å². The topological polar surface area (TPSA) is 76.4 Å². The second kappa shape index (κ2) is 7.56. The summed E-state index contributed by atoms with van der Waals surface area (Å²) in [7, 11) is 0. The van der Waals surface area contributed by atoms with Crippen LogP contribution < -0.4 is 10.2 Å². The lowest BCUT2D eigenvalue weighted by Gasteiger charge is -2.37. The molecular formula is C20H14F3N3O2S. The summed E-state index contributed by atoms with van der Waals surface area (Å²) in [5.41, 5.74) is 0.362. The number of benzene rings is 2. The number of halogens is 3. The van der Waals surface area contributed by atoms with Gasteiger partial charge >= 0.3 is 12.1 Å². The maximum atomic E-state index is 13.1. The van der Waals surface area contributed by atoms with Gasteiger partial charge in [0.05, 0.1) is 28.8 Å². The number of hydrogen-bond donors (Lipinski definition) is 2. The van der Waals surface area contributed by atoms with E-state index in [-0.39, 0.29) is 22.1 Å². The molecule has 148 valence electrons. The highest BCUT2D eigenvalue weighted by Gasteiger charge is 2.36. The standard InChI is InChI=1S/C20H14F3N3O2S/c1-11-16(18(27)28)17(13-7-5-12(10-24)6-8-13)25-19(29)26(11)15-4-2-3-14(9-15)20(21,22)23/h2-9,17H,1H3,(H,25,29)(H,27,28)/t17-/m1/s1. The quantitative estimate of drug-likeness (QED) is 0.723. The van der Waals surface area contributed by atoms with Crippen molar-refractivity contribution in [2.24, 2.45) is 0 Å². The van der Waals surface area contributed by atoms with Crippen molar-refractivity contribution in [1.29, 1.82) is 5.26 Å². The molecule has 0 saturated heterocycles. The second-order valence-electron chi connectivity index (χ2n) is 6.30. The average Bonchev–Trinajstić information content (AvgIpc) is 2.67. The number of anilines is 1. The molecule has 0 fully saturated rings. The lowest BCUT2D eigenvalue weighted by molar-refractivity contribution is -0.137. The van der Waals surface area contributed by atoms with Crippen molar-refractivity contribution in [3.8, 4) is 6.07 Å². The van der Waals surface area contributed by atoms with Crippen molar-refractivity contribution in [1.82, 2.24) is 5.32 Å². The van der Waals surface area contributed by atoms with Crippen molar-refractivity contribution in [2.45, 2.75) is 19.1 Å². The normalized spacial score (nSPS) is 17.0. The Kier molecular flexibility index (Phi) is 5.31. The summed E-state index contributed by atoms with van der Waals surface area (Å²) >= 11 is 5.34. The van der Waals surface area contributed by atoms with E-state index in [2.05, 4.69) is 5.32 Å². The molecule has 0 radical (unpaired) electrons. The molecule has 29 heavy (non-hydrogen) atoms. The van der Waals surface area contributed by atoms with Gasteiger partial charge in [-0.1, -0.05) is 18.2 Å². The van der Waals surface area contributed by atoms with Gasteiger partial charge in [0.15, 0.2) is 5.11 Å². The number of rotatable bonds is 3. The Morgan fingerprint density at radius 3 is 2.45 bits per heavy atom. The van der Waals surface area contributed by atoms with Crippen LogP contribution in [-0.4, -0.2) is 16.2 Å².